The predicted octanol–water partition coefficient (Wildman–Crippen LogP) is 5.64. The van der Waals surface area contributed by atoms with E-state index in [-0.39, 0.29) is 0 Å². The Morgan fingerprint density at radius 2 is 1.32 bits per heavy atom. The molecule has 0 aliphatic rings. The lowest BCUT2D eigenvalue weighted by molar-refractivity contribution is 0.973. The van der Waals surface area contributed by atoms with Gasteiger partial charge in [-0.15, -0.1) is 0 Å². The first-order chi connectivity index (χ1) is 10.8. The third-order valence-corrected chi connectivity index (χ3v) is 4.72. The van der Waals surface area contributed by atoms with Crippen molar-refractivity contribution in [1.29, 1.82) is 0 Å². The van der Waals surface area contributed by atoms with Crippen molar-refractivity contribution in [2.24, 2.45) is 7.05 Å². The van der Waals surface area contributed by atoms with Gasteiger partial charge in [0.25, 0.3) is 0 Å². The fourth-order valence-corrected chi connectivity index (χ4v) is 3.63. The van der Waals surface area contributed by atoms with Gasteiger partial charge in [-0.2, -0.15) is 0 Å². The minimum absolute atomic E-state index is 1.30. The van der Waals surface area contributed by atoms with E-state index in [1.807, 2.05) is 0 Å². The zero-order valence-corrected chi connectivity index (χ0v) is 12.4. The van der Waals surface area contributed by atoms with Crippen LogP contribution in [-0.4, -0.2) is 4.57 Å². The van der Waals surface area contributed by atoms with Crippen LogP contribution in [-0.2, 0) is 7.05 Å². The number of nitrogens with zero attached hydrogens (tertiary/aromatic N) is 1. The second kappa shape index (κ2) is 4.11. The molecule has 0 aliphatic heterocycles. The summed E-state index contributed by atoms with van der Waals surface area (Å²) in [5.74, 6) is 0. The molecule has 0 fully saturated rings. The molecule has 5 aromatic rings. The molecule has 0 bridgehead atoms. The fourth-order valence-electron chi connectivity index (χ4n) is 3.63. The molecule has 0 spiro atoms. The highest BCUT2D eigenvalue weighted by atomic mass is 14.9. The van der Waals surface area contributed by atoms with E-state index in [1.54, 1.807) is 0 Å². The molecular weight excluding hydrogens is 266 g/mol. The van der Waals surface area contributed by atoms with Gasteiger partial charge in [0, 0.05) is 24.0 Å². The first-order valence-corrected chi connectivity index (χ1v) is 7.60. The van der Waals surface area contributed by atoms with Crippen LogP contribution in [0.3, 0.4) is 0 Å². The molecule has 0 radical (unpaired) electrons. The Morgan fingerprint density at radius 1 is 0.591 bits per heavy atom. The van der Waals surface area contributed by atoms with Crippen molar-refractivity contribution in [3.8, 4) is 0 Å². The molecule has 5 rings (SSSR count). The number of hydrogen-bond acceptors (Lipinski definition) is 0. The Hall–Kier alpha value is -2.80. The van der Waals surface area contributed by atoms with Crippen LogP contribution < -0.4 is 0 Å². The number of aromatic nitrogens is 1. The normalized spacial score (nSPS) is 11.9. The monoisotopic (exact) mass is 281 g/mol. The van der Waals surface area contributed by atoms with E-state index in [0.29, 0.717) is 0 Å². The standard InChI is InChI=1S/C21H15N/c1-22-11-10-14-6-8-18-19(21(14)22)9-7-17-12-15-4-2-3-5-16(15)13-20(17)18/h2-13H,1H3. The Bertz CT molecular complexity index is 1180. The van der Waals surface area contributed by atoms with E-state index in [4.69, 9.17) is 0 Å². The summed E-state index contributed by atoms with van der Waals surface area (Å²) >= 11 is 0. The number of rotatable bonds is 0. The Balaban J connectivity index is 2.04. The molecule has 0 saturated heterocycles. The van der Waals surface area contributed by atoms with Crippen LogP contribution in [0.5, 0.6) is 0 Å². The quantitative estimate of drug-likeness (QED) is 0.256. The molecule has 1 nitrogen and oxygen atoms in total. The van der Waals surface area contributed by atoms with Gasteiger partial charge >= 0.3 is 0 Å². The van der Waals surface area contributed by atoms with Crippen LogP contribution in [0.2, 0.25) is 0 Å². The van der Waals surface area contributed by atoms with Crippen LogP contribution >= 0.6 is 0 Å². The van der Waals surface area contributed by atoms with Crippen molar-refractivity contribution in [2.45, 2.75) is 0 Å². The Kier molecular flexibility index (Phi) is 2.21. The third kappa shape index (κ3) is 1.48. The summed E-state index contributed by atoms with van der Waals surface area (Å²) in [4.78, 5) is 0. The minimum Gasteiger partial charge on any atom is -0.350 e. The highest BCUT2D eigenvalue weighted by Gasteiger charge is 2.07. The summed E-state index contributed by atoms with van der Waals surface area (Å²) < 4.78 is 2.21. The molecule has 4 aromatic carbocycles. The lowest BCUT2D eigenvalue weighted by Crippen LogP contribution is -1.87. The Morgan fingerprint density at radius 3 is 2.18 bits per heavy atom. The van der Waals surface area contributed by atoms with Crippen LogP contribution in [0.4, 0.5) is 0 Å². The fraction of sp³-hybridized carbons (Fsp3) is 0.0476. The largest absolute Gasteiger partial charge is 0.350 e. The first kappa shape index (κ1) is 11.8. The van der Waals surface area contributed by atoms with Crippen molar-refractivity contribution in [1.82, 2.24) is 4.57 Å². The molecule has 1 heteroatoms. The zero-order chi connectivity index (χ0) is 14.7. The third-order valence-electron chi connectivity index (χ3n) is 4.72. The maximum Gasteiger partial charge on any atom is 0.0557 e. The predicted molar refractivity (Wildman–Crippen MR) is 95.4 cm³/mol. The van der Waals surface area contributed by atoms with Crippen LogP contribution in [0.25, 0.3) is 43.2 Å². The molecule has 1 heterocycles. The molecule has 0 amide bonds. The number of aryl methyl sites for hydroxylation is 1. The smallest absolute Gasteiger partial charge is 0.0557 e. The summed E-state index contributed by atoms with van der Waals surface area (Å²) in [6.07, 6.45) is 2.13. The van der Waals surface area contributed by atoms with E-state index >= 15 is 0 Å². The lowest BCUT2D eigenvalue weighted by Gasteiger charge is -2.08. The van der Waals surface area contributed by atoms with E-state index in [9.17, 15) is 0 Å². The van der Waals surface area contributed by atoms with Crippen LogP contribution in [0, 0.1) is 0 Å². The van der Waals surface area contributed by atoms with Crippen molar-refractivity contribution in [2.75, 3.05) is 0 Å². The zero-order valence-electron chi connectivity index (χ0n) is 12.4. The van der Waals surface area contributed by atoms with Crippen molar-refractivity contribution < 1.29 is 0 Å². The first-order valence-electron chi connectivity index (χ1n) is 7.60. The van der Waals surface area contributed by atoms with E-state index in [1.165, 1.54) is 43.2 Å². The summed E-state index contributed by atoms with van der Waals surface area (Å²) in [5, 5.41) is 9.20. The average Bonchev–Trinajstić information content (AvgIpc) is 2.94. The van der Waals surface area contributed by atoms with E-state index in [0.717, 1.165) is 0 Å². The van der Waals surface area contributed by atoms with Gasteiger partial charge in [0.1, 0.15) is 0 Å². The van der Waals surface area contributed by atoms with E-state index < -0.39 is 0 Å². The van der Waals surface area contributed by atoms with Gasteiger partial charge in [0.05, 0.1) is 5.52 Å². The van der Waals surface area contributed by atoms with Gasteiger partial charge in [-0.05, 0) is 45.1 Å². The lowest BCUT2D eigenvalue weighted by atomic mass is 9.97. The maximum atomic E-state index is 2.32. The van der Waals surface area contributed by atoms with Crippen molar-refractivity contribution in [3.05, 3.63) is 72.9 Å². The van der Waals surface area contributed by atoms with Gasteiger partial charge in [0.2, 0.25) is 0 Å². The van der Waals surface area contributed by atoms with Crippen LogP contribution in [0.15, 0.2) is 72.9 Å². The molecular formula is C21H15N. The van der Waals surface area contributed by atoms with Gasteiger partial charge in [-0.1, -0.05) is 48.5 Å². The highest BCUT2D eigenvalue weighted by molar-refractivity contribution is 6.18. The van der Waals surface area contributed by atoms with Gasteiger partial charge in [0.15, 0.2) is 0 Å². The molecule has 104 valence electrons. The number of benzene rings is 4. The highest BCUT2D eigenvalue weighted by Crippen LogP contribution is 2.33. The van der Waals surface area contributed by atoms with Gasteiger partial charge in [-0.3, -0.25) is 0 Å². The van der Waals surface area contributed by atoms with Crippen LogP contribution in [0.1, 0.15) is 0 Å². The molecule has 22 heavy (non-hydrogen) atoms. The van der Waals surface area contributed by atoms with Gasteiger partial charge < -0.3 is 4.57 Å². The second-order valence-electron chi connectivity index (χ2n) is 6.01. The SMILES string of the molecule is Cn1ccc2ccc3c4cc5ccccc5cc4ccc3c21. The number of hydrogen-bond donors (Lipinski definition) is 0. The van der Waals surface area contributed by atoms with Crippen molar-refractivity contribution in [3.63, 3.8) is 0 Å². The minimum atomic E-state index is 1.30. The molecule has 0 saturated carbocycles. The van der Waals surface area contributed by atoms with Gasteiger partial charge in [-0.25, -0.2) is 0 Å². The van der Waals surface area contributed by atoms with Crippen molar-refractivity contribution >= 4 is 43.2 Å². The molecule has 0 atom stereocenters. The second-order valence-corrected chi connectivity index (χ2v) is 6.01. The average molecular weight is 281 g/mol. The number of fused-ring (bicyclic) bond motifs is 6. The molecule has 1 aromatic heterocycles. The molecule has 0 N–H and O–H groups in total. The molecule has 0 aliphatic carbocycles. The summed E-state index contributed by atoms with van der Waals surface area (Å²) in [6, 6.07) is 24.4. The van der Waals surface area contributed by atoms with E-state index in [2.05, 4.69) is 84.5 Å². The maximum absolute atomic E-state index is 2.32. The topological polar surface area (TPSA) is 4.93 Å². The summed E-state index contributed by atoms with van der Waals surface area (Å²) in [6.45, 7) is 0. The summed E-state index contributed by atoms with van der Waals surface area (Å²) in [5.41, 5.74) is 1.31. The Labute approximate surface area is 128 Å². The molecule has 0 unspecified atom stereocenters. The summed E-state index contributed by atoms with van der Waals surface area (Å²) in [7, 11) is 2.12.